The lowest BCUT2D eigenvalue weighted by molar-refractivity contribution is 0.219. The molecule has 6 heteroatoms. The molecule has 2 rings (SSSR count). The third-order valence-corrected chi connectivity index (χ3v) is 5.75. The van der Waals surface area contributed by atoms with Gasteiger partial charge in [0.2, 0.25) is 10.0 Å². The zero-order valence-corrected chi connectivity index (χ0v) is 12.0. The van der Waals surface area contributed by atoms with Gasteiger partial charge in [-0.1, -0.05) is 13.0 Å². The van der Waals surface area contributed by atoms with E-state index in [4.69, 9.17) is 5.73 Å². The first-order valence-electron chi connectivity index (χ1n) is 6.40. The van der Waals surface area contributed by atoms with Crippen LogP contribution < -0.4 is 5.73 Å². The fraction of sp³-hybridized carbons (Fsp3) is 0.538. The topological polar surface area (TPSA) is 63.4 Å². The Morgan fingerprint density at radius 2 is 2.05 bits per heavy atom. The lowest BCUT2D eigenvalue weighted by Gasteiger charge is -2.35. The molecular formula is C13H19FN2O2S. The van der Waals surface area contributed by atoms with Crippen molar-refractivity contribution in [2.24, 2.45) is 5.92 Å². The minimum Gasteiger partial charge on any atom is -0.398 e. The Morgan fingerprint density at radius 1 is 1.37 bits per heavy atom. The number of hydrogen-bond acceptors (Lipinski definition) is 3. The minimum atomic E-state index is -3.86. The smallest absolute Gasteiger partial charge is 0.248 e. The summed E-state index contributed by atoms with van der Waals surface area (Å²) in [6, 6.07) is 3.81. The number of benzene rings is 1. The summed E-state index contributed by atoms with van der Waals surface area (Å²) in [5.74, 6) is -0.301. The van der Waals surface area contributed by atoms with Gasteiger partial charge in [-0.2, -0.15) is 4.31 Å². The van der Waals surface area contributed by atoms with Gasteiger partial charge in [0.1, 0.15) is 10.7 Å². The molecule has 0 bridgehead atoms. The summed E-state index contributed by atoms with van der Waals surface area (Å²) in [6.45, 7) is 4.36. The van der Waals surface area contributed by atoms with E-state index in [2.05, 4.69) is 6.92 Å². The van der Waals surface area contributed by atoms with Crippen molar-refractivity contribution in [1.82, 2.24) is 4.31 Å². The Morgan fingerprint density at radius 3 is 2.63 bits per heavy atom. The fourth-order valence-corrected chi connectivity index (χ4v) is 4.48. The molecule has 2 atom stereocenters. The normalized spacial score (nSPS) is 25.4. The number of nitrogen functional groups attached to an aromatic ring is 1. The largest absolute Gasteiger partial charge is 0.398 e. The van der Waals surface area contributed by atoms with Crippen LogP contribution in [0.1, 0.15) is 26.7 Å². The molecule has 2 unspecified atom stereocenters. The van der Waals surface area contributed by atoms with Crippen LogP contribution in [0, 0.1) is 11.7 Å². The molecule has 1 heterocycles. The summed E-state index contributed by atoms with van der Waals surface area (Å²) in [4.78, 5) is -0.392. The molecule has 0 radical (unpaired) electrons. The number of halogens is 1. The molecule has 0 amide bonds. The van der Waals surface area contributed by atoms with Crippen LogP contribution in [-0.2, 0) is 10.0 Å². The van der Waals surface area contributed by atoms with Gasteiger partial charge in [-0.25, -0.2) is 12.8 Å². The Balaban J connectivity index is 2.43. The first kappa shape index (κ1) is 14.3. The van der Waals surface area contributed by atoms with Crippen molar-refractivity contribution < 1.29 is 12.8 Å². The van der Waals surface area contributed by atoms with E-state index in [9.17, 15) is 12.8 Å². The van der Waals surface area contributed by atoms with Crippen LogP contribution in [-0.4, -0.2) is 25.3 Å². The van der Waals surface area contributed by atoms with Crippen molar-refractivity contribution in [3.05, 3.63) is 24.0 Å². The van der Waals surface area contributed by atoms with E-state index in [1.165, 1.54) is 16.4 Å². The number of rotatable bonds is 2. The van der Waals surface area contributed by atoms with E-state index in [0.29, 0.717) is 12.5 Å². The first-order valence-corrected chi connectivity index (χ1v) is 7.84. The fourth-order valence-electron chi connectivity index (χ4n) is 2.66. The van der Waals surface area contributed by atoms with E-state index in [1.807, 2.05) is 6.92 Å². The molecule has 4 nitrogen and oxygen atoms in total. The Hall–Kier alpha value is -1.14. The van der Waals surface area contributed by atoms with E-state index in [1.54, 1.807) is 0 Å². The maximum Gasteiger partial charge on any atom is 0.248 e. The zero-order valence-electron chi connectivity index (χ0n) is 11.1. The Bertz CT molecular complexity index is 554. The third kappa shape index (κ3) is 2.60. The molecule has 0 aromatic heterocycles. The van der Waals surface area contributed by atoms with Crippen molar-refractivity contribution in [3.8, 4) is 0 Å². The van der Waals surface area contributed by atoms with Crippen LogP contribution in [0.4, 0.5) is 10.1 Å². The summed E-state index contributed by atoms with van der Waals surface area (Å²) in [5.41, 5.74) is 5.60. The Labute approximate surface area is 113 Å². The quantitative estimate of drug-likeness (QED) is 0.848. The molecule has 0 aliphatic carbocycles. The number of hydrogen-bond donors (Lipinski definition) is 1. The third-order valence-electron chi connectivity index (χ3n) is 3.64. The van der Waals surface area contributed by atoms with E-state index < -0.39 is 20.7 Å². The van der Waals surface area contributed by atoms with Gasteiger partial charge < -0.3 is 5.73 Å². The standard InChI is InChI=1S/C13H19FN2O2S/c1-9-6-7-16(10(2)8-9)19(17,18)13-11(14)4-3-5-12(13)15/h3-5,9-10H,6-8,15H2,1-2H3. The van der Waals surface area contributed by atoms with Crippen LogP contribution >= 0.6 is 0 Å². The highest BCUT2D eigenvalue weighted by Gasteiger charge is 2.35. The van der Waals surface area contributed by atoms with Gasteiger partial charge >= 0.3 is 0 Å². The number of piperidine rings is 1. The molecule has 1 aliphatic rings. The number of anilines is 1. The van der Waals surface area contributed by atoms with Gasteiger partial charge in [0.15, 0.2) is 0 Å². The molecular weight excluding hydrogens is 267 g/mol. The van der Waals surface area contributed by atoms with Crippen LogP contribution in [0.25, 0.3) is 0 Å². The molecule has 2 N–H and O–H groups in total. The van der Waals surface area contributed by atoms with Gasteiger partial charge in [-0.15, -0.1) is 0 Å². The summed E-state index contributed by atoms with van der Waals surface area (Å²) >= 11 is 0. The predicted octanol–water partition coefficient (Wildman–Crippen LogP) is 2.22. The summed E-state index contributed by atoms with van der Waals surface area (Å²) in [5, 5.41) is 0. The molecule has 1 fully saturated rings. The molecule has 1 saturated heterocycles. The van der Waals surface area contributed by atoms with Crippen molar-refractivity contribution in [2.45, 2.75) is 37.6 Å². The molecule has 1 aromatic rings. The van der Waals surface area contributed by atoms with Crippen molar-refractivity contribution in [2.75, 3.05) is 12.3 Å². The van der Waals surface area contributed by atoms with Gasteiger partial charge in [0, 0.05) is 12.6 Å². The lowest BCUT2D eigenvalue weighted by Crippen LogP contribution is -2.44. The molecule has 1 aromatic carbocycles. The summed E-state index contributed by atoms with van der Waals surface area (Å²) < 4.78 is 40.3. The second kappa shape index (κ2) is 5.09. The second-order valence-electron chi connectivity index (χ2n) is 5.25. The summed E-state index contributed by atoms with van der Waals surface area (Å²) in [6.07, 6.45) is 1.57. The molecule has 106 valence electrons. The van der Waals surface area contributed by atoms with Gasteiger partial charge in [0.25, 0.3) is 0 Å². The highest BCUT2D eigenvalue weighted by molar-refractivity contribution is 7.89. The second-order valence-corrected chi connectivity index (χ2v) is 7.08. The van der Waals surface area contributed by atoms with Gasteiger partial charge in [-0.3, -0.25) is 0 Å². The maximum absolute atomic E-state index is 13.8. The predicted molar refractivity (Wildman–Crippen MR) is 72.6 cm³/mol. The highest BCUT2D eigenvalue weighted by Crippen LogP contribution is 2.31. The SMILES string of the molecule is CC1CCN(S(=O)(=O)c2c(N)cccc2F)C(C)C1. The monoisotopic (exact) mass is 286 g/mol. The summed E-state index contributed by atoms with van der Waals surface area (Å²) in [7, 11) is -3.86. The number of nitrogens with two attached hydrogens (primary N) is 1. The van der Waals surface area contributed by atoms with E-state index in [0.717, 1.165) is 18.9 Å². The molecule has 1 aliphatic heterocycles. The van der Waals surface area contributed by atoms with Crippen LogP contribution in [0.2, 0.25) is 0 Å². The van der Waals surface area contributed by atoms with Crippen LogP contribution in [0.5, 0.6) is 0 Å². The van der Waals surface area contributed by atoms with Gasteiger partial charge in [0.05, 0.1) is 5.69 Å². The highest BCUT2D eigenvalue weighted by atomic mass is 32.2. The molecule has 19 heavy (non-hydrogen) atoms. The van der Waals surface area contributed by atoms with Crippen molar-refractivity contribution in [3.63, 3.8) is 0 Å². The zero-order chi connectivity index (χ0) is 14.2. The molecule has 0 saturated carbocycles. The van der Waals surface area contributed by atoms with Crippen molar-refractivity contribution >= 4 is 15.7 Å². The minimum absolute atomic E-state index is 0.0363. The van der Waals surface area contributed by atoms with Crippen LogP contribution in [0.3, 0.4) is 0 Å². The van der Waals surface area contributed by atoms with Crippen molar-refractivity contribution in [1.29, 1.82) is 0 Å². The average Bonchev–Trinajstić information content (AvgIpc) is 2.27. The van der Waals surface area contributed by atoms with Crippen LogP contribution in [0.15, 0.2) is 23.1 Å². The number of sulfonamides is 1. The first-order chi connectivity index (χ1) is 8.84. The van der Waals surface area contributed by atoms with E-state index in [-0.39, 0.29) is 11.7 Å². The van der Waals surface area contributed by atoms with E-state index >= 15 is 0 Å². The maximum atomic E-state index is 13.8. The van der Waals surface area contributed by atoms with Gasteiger partial charge in [-0.05, 0) is 37.8 Å². The molecule has 0 spiro atoms. The average molecular weight is 286 g/mol. The Kier molecular flexibility index (Phi) is 3.82. The number of nitrogens with zero attached hydrogens (tertiary/aromatic N) is 1. The lowest BCUT2D eigenvalue weighted by atomic mass is 9.95.